The van der Waals surface area contributed by atoms with Crippen LogP contribution in [0.4, 0.5) is 0 Å². The van der Waals surface area contributed by atoms with Crippen LogP contribution in [0.25, 0.3) is 0 Å². The number of hydrogen-bond donors (Lipinski definition) is 4. The first kappa shape index (κ1) is 23.0. The Hall–Kier alpha value is 0.700. The van der Waals surface area contributed by atoms with E-state index in [1.54, 1.807) is 0 Å². The van der Waals surface area contributed by atoms with Gasteiger partial charge in [0.1, 0.15) is 0 Å². The van der Waals surface area contributed by atoms with Gasteiger partial charge in [0.2, 0.25) is 0 Å². The molecule has 0 fully saturated rings. The molecule has 0 aromatic rings. The Morgan fingerprint density at radius 2 is 0.667 bits per heavy atom. The van der Waals surface area contributed by atoms with Crippen molar-refractivity contribution in [2.75, 3.05) is 0 Å². The molecule has 6 N–H and O–H groups in total. The zero-order valence-corrected chi connectivity index (χ0v) is 6.37. The van der Waals surface area contributed by atoms with Crippen LogP contribution in [0.15, 0.2) is 0 Å². The van der Waals surface area contributed by atoms with Gasteiger partial charge in [0, 0.05) is 0 Å². The van der Waals surface area contributed by atoms with Gasteiger partial charge in [-0.05, 0) is 0 Å². The summed E-state index contributed by atoms with van der Waals surface area (Å²) in [6, 6.07) is 0. The second-order valence-corrected chi connectivity index (χ2v) is 2.69. The Kier molecular flexibility index (Phi) is 15.9. The second-order valence-electron chi connectivity index (χ2n) is 0.896. The van der Waals surface area contributed by atoms with E-state index < -0.39 is 20.8 Å². The van der Waals surface area contributed by atoms with Crippen molar-refractivity contribution in [2.45, 2.75) is 0 Å². The summed E-state index contributed by atoms with van der Waals surface area (Å²) in [7, 11) is -9.33. The van der Waals surface area contributed by atoms with Crippen LogP contribution < -0.4 is 0 Å². The van der Waals surface area contributed by atoms with Gasteiger partial charge in [-0.25, -0.2) is 0 Å². The maximum atomic E-state index is 8.74. The Bertz CT molecular complexity index is 209. The van der Waals surface area contributed by atoms with Gasteiger partial charge in [-0.1, -0.05) is 0 Å². The molecule has 0 atom stereocenters. The molecule has 0 bridgehead atoms. The molecule has 0 radical (unpaired) electrons. The van der Waals surface area contributed by atoms with Crippen LogP contribution >= 0.6 is 0 Å². The van der Waals surface area contributed by atoms with E-state index in [-0.39, 0.29) is 35.0 Å². The molecule has 0 aliphatic rings. The molecule has 12 heteroatoms. The van der Waals surface area contributed by atoms with Crippen LogP contribution in [-0.4, -0.2) is 70.1 Å². The van der Waals surface area contributed by atoms with Crippen molar-refractivity contribution < 1.29 is 40.5 Å². The van der Waals surface area contributed by atoms with E-state index >= 15 is 0 Å². The van der Waals surface area contributed by atoms with E-state index in [1.165, 1.54) is 0 Å². The van der Waals surface area contributed by atoms with Gasteiger partial charge in [0.25, 0.3) is 0 Å². The third-order valence-corrected chi connectivity index (χ3v) is 0. The summed E-state index contributed by atoms with van der Waals surface area (Å²) in [5.74, 6) is 0. The molecule has 9 nitrogen and oxygen atoms in total. The van der Waals surface area contributed by atoms with Crippen LogP contribution in [0.1, 0.15) is 0 Å². The predicted octanol–water partition coefficient (Wildman–Crippen LogP) is -2.78. The van der Waals surface area contributed by atoms with Gasteiger partial charge in [0.05, 0.1) is 0 Å². The van der Waals surface area contributed by atoms with Crippen LogP contribution in [0.2, 0.25) is 0 Å². The Balaban J connectivity index is -0.0000000457. The van der Waals surface area contributed by atoms with E-state index in [0.29, 0.717) is 0 Å². The first-order chi connectivity index (χ1) is 4.00. The summed E-state index contributed by atoms with van der Waals surface area (Å²) in [5.41, 5.74) is 0. The molecule has 0 spiro atoms. The molecule has 0 saturated heterocycles. The Morgan fingerprint density at radius 3 is 0.667 bits per heavy atom. The first-order valence-electron chi connectivity index (χ1n) is 1.40. The summed E-state index contributed by atoms with van der Waals surface area (Å²) in [6.07, 6.45) is 0. The van der Waals surface area contributed by atoms with Gasteiger partial charge in [-0.15, -0.1) is 0 Å². The standard InChI is InChI=1S/Na.2H2O4S.H2O.H/c;2*1-5(2,3)4;;/h;2*(H2,1,2,3,4);1H2;. The number of rotatable bonds is 0. The Morgan fingerprint density at radius 1 is 0.667 bits per heavy atom. The third-order valence-electron chi connectivity index (χ3n) is 0. The SMILES string of the molecule is O.O=S(=O)(O)O.O=S(=O)(O)O.[NaH]. The predicted molar refractivity (Wildman–Crippen MR) is 39.1 cm³/mol. The van der Waals surface area contributed by atoms with Crippen molar-refractivity contribution in [2.24, 2.45) is 0 Å². The van der Waals surface area contributed by atoms with Crippen molar-refractivity contribution in [3.05, 3.63) is 0 Å². The van der Waals surface area contributed by atoms with Crippen molar-refractivity contribution in [3.63, 3.8) is 0 Å². The van der Waals surface area contributed by atoms with Gasteiger partial charge in [-0.2, -0.15) is 16.8 Å². The molecular formula is H7NaO9S2. The van der Waals surface area contributed by atoms with Crippen molar-refractivity contribution in [3.8, 4) is 0 Å². The van der Waals surface area contributed by atoms with E-state index in [0.717, 1.165) is 0 Å². The fourth-order valence-electron chi connectivity index (χ4n) is 0. The van der Waals surface area contributed by atoms with E-state index in [2.05, 4.69) is 0 Å². The van der Waals surface area contributed by atoms with Crippen molar-refractivity contribution >= 4 is 50.4 Å². The molecule has 12 heavy (non-hydrogen) atoms. The van der Waals surface area contributed by atoms with Crippen LogP contribution in [0.5, 0.6) is 0 Å². The molecule has 0 saturated carbocycles. The molecular weight excluding hydrogens is 231 g/mol. The molecule has 0 unspecified atom stereocenters. The average molecular weight is 238 g/mol. The monoisotopic (exact) mass is 238 g/mol. The molecule has 0 amide bonds. The molecule has 0 aliphatic carbocycles. The zero-order valence-electron chi connectivity index (χ0n) is 4.74. The van der Waals surface area contributed by atoms with Crippen LogP contribution in [0.3, 0.4) is 0 Å². The minimum atomic E-state index is -4.67. The van der Waals surface area contributed by atoms with E-state index in [1.807, 2.05) is 0 Å². The Labute approximate surface area is 90.5 Å². The summed E-state index contributed by atoms with van der Waals surface area (Å²) in [5, 5.41) is 0. The van der Waals surface area contributed by atoms with E-state index in [4.69, 9.17) is 35.0 Å². The minimum absolute atomic E-state index is 0. The quantitative estimate of drug-likeness (QED) is 0.258. The van der Waals surface area contributed by atoms with Gasteiger partial charge in [0.15, 0.2) is 0 Å². The summed E-state index contributed by atoms with van der Waals surface area (Å²) in [6.45, 7) is 0. The molecule has 0 aliphatic heterocycles. The molecule has 74 valence electrons. The van der Waals surface area contributed by atoms with Crippen LogP contribution in [0, 0.1) is 0 Å². The third kappa shape index (κ3) is 2050. The first-order valence-corrected chi connectivity index (χ1v) is 4.19. The number of hydrogen-bond acceptors (Lipinski definition) is 4. The van der Waals surface area contributed by atoms with Gasteiger partial charge >= 0.3 is 50.4 Å². The topological polar surface area (TPSA) is 181 Å². The van der Waals surface area contributed by atoms with E-state index in [9.17, 15) is 0 Å². The van der Waals surface area contributed by atoms with Crippen molar-refractivity contribution in [1.82, 2.24) is 0 Å². The molecule has 0 aromatic carbocycles. The van der Waals surface area contributed by atoms with Crippen LogP contribution in [-0.2, 0) is 20.8 Å². The average Bonchev–Trinajstić information content (AvgIpc) is 1.12. The molecule has 0 aromatic heterocycles. The maximum absolute atomic E-state index is 8.74. The fourth-order valence-corrected chi connectivity index (χ4v) is 0. The van der Waals surface area contributed by atoms with Gasteiger partial charge < -0.3 is 5.48 Å². The summed E-state index contributed by atoms with van der Waals surface area (Å²) < 4.78 is 63.2. The molecule has 0 heterocycles. The van der Waals surface area contributed by atoms with Gasteiger partial charge in [-0.3, -0.25) is 18.2 Å². The second kappa shape index (κ2) is 8.31. The fraction of sp³-hybridized carbons (Fsp3) is 0. The zero-order chi connectivity index (χ0) is 9.00. The van der Waals surface area contributed by atoms with Crippen molar-refractivity contribution in [1.29, 1.82) is 0 Å². The summed E-state index contributed by atoms with van der Waals surface area (Å²) in [4.78, 5) is 0. The molecule has 0 rings (SSSR count). The normalized spacial score (nSPS) is 9.67. The summed E-state index contributed by atoms with van der Waals surface area (Å²) >= 11 is 0.